The molecule has 42 heavy (non-hydrogen) atoms. The van der Waals surface area contributed by atoms with Crippen LogP contribution in [0.2, 0.25) is 0 Å². The highest BCUT2D eigenvalue weighted by molar-refractivity contribution is 14.1. The molecule has 13 heteroatoms. The molecule has 1 aromatic carbocycles. The smallest absolute Gasteiger partial charge is 0.334 e. The Morgan fingerprint density at radius 1 is 1.10 bits per heavy atom. The number of ketones is 4. The van der Waals surface area contributed by atoms with Crippen molar-refractivity contribution in [3.63, 3.8) is 0 Å². The molecule has 0 radical (unpaired) electrons. The summed E-state index contributed by atoms with van der Waals surface area (Å²) in [6, 6.07) is 2.70. The molecular formula is C29H30INO11. The number of phenolic OH excluding ortho intramolecular Hbond substituents is 1. The highest BCUT2D eigenvalue weighted by atomic mass is 127. The summed E-state index contributed by atoms with van der Waals surface area (Å²) in [4.78, 5) is 89.9. The van der Waals surface area contributed by atoms with Crippen molar-refractivity contribution in [2.45, 2.75) is 49.1 Å². The van der Waals surface area contributed by atoms with Crippen LogP contribution in [0.4, 0.5) is 0 Å². The molecule has 12 nitrogen and oxygen atoms in total. The van der Waals surface area contributed by atoms with E-state index in [1.54, 1.807) is 13.8 Å². The average Bonchev–Trinajstić information content (AvgIpc) is 2.91. The van der Waals surface area contributed by atoms with Crippen LogP contribution in [-0.4, -0.2) is 73.9 Å². The minimum Gasteiger partial charge on any atom is -0.507 e. The molecule has 0 aliphatic heterocycles. The topological polar surface area (TPSA) is 204 Å². The van der Waals surface area contributed by atoms with Crippen molar-refractivity contribution in [1.82, 2.24) is 0 Å². The largest absolute Gasteiger partial charge is 0.507 e. The lowest BCUT2D eigenvalue weighted by atomic mass is 9.53. The quantitative estimate of drug-likeness (QED) is 0.115. The number of hydrogen-bond donors (Lipinski definition) is 3. The first kappa shape index (κ1) is 31.5. The predicted molar refractivity (Wildman–Crippen MR) is 152 cm³/mol. The minimum atomic E-state index is -2.74. The number of aromatic hydroxyl groups is 1. The normalized spacial score (nSPS) is 27.9. The summed E-state index contributed by atoms with van der Waals surface area (Å²) in [7, 11) is 0. The van der Waals surface area contributed by atoms with E-state index in [2.05, 4.69) is 0 Å². The second-order valence-electron chi connectivity index (χ2n) is 10.6. The van der Waals surface area contributed by atoms with Crippen molar-refractivity contribution in [2.75, 3.05) is 13.2 Å². The standard InChI is InChI=1S/C29H30INO11/c1-3-41-27(38)14(10-17(30)28(39)42-4-2)7-12-5-6-18(32)21-16(12)9-13-8-15-11-19(33)22(26(31)37)25(36)29(15,40)24(35)20(13)23(21)34/h5-7,13,15,17,20,22,32,40H,3-4,8-11H2,1-2H3,(H2,31,37)/t13-,15+,17?,20?,22?,29+/m1/s1. The van der Waals surface area contributed by atoms with E-state index in [1.807, 2.05) is 22.6 Å². The van der Waals surface area contributed by atoms with Crippen LogP contribution in [0.3, 0.4) is 0 Å². The van der Waals surface area contributed by atoms with Gasteiger partial charge < -0.3 is 25.4 Å². The highest BCUT2D eigenvalue weighted by Crippen LogP contribution is 2.50. The van der Waals surface area contributed by atoms with Gasteiger partial charge >= 0.3 is 11.9 Å². The number of carbonyl (C=O) groups is 7. The number of phenols is 1. The molecule has 224 valence electrons. The first-order chi connectivity index (χ1) is 19.8. The first-order valence-corrected chi connectivity index (χ1v) is 14.7. The third-order valence-corrected chi connectivity index (χ3v) is 9.08. The fourth-order valence-electron chi connectivity index (χ4n) is 6.25. The van der Waals surface area contributed by atoms with Gasteiger partial charge in [0.25, 0.3) is 0 Å². The molecule has 0 saturated heterocycles. The Balaban J connectivity index is 1.77. The number of Topliss-reactive ketones (excluding diaryl/α,β-unsaturated/α-hetero) is 4. The molecule has 0 spiro atoms. The Kier molecular flexibility index (Phi) is 9.02. The van der Waals surface area contributed by atoms with Gasteiger partial charge in [-0.1, -0.05) is 28.7 Å². The number of hydrogen-bond acceptors (Lipinski definition) is 11. The fraction of sp³-hybridized carbons (Fsp3) is 0.483. The Morgan fingerprint density at radius 2 is 1.76 bits per heavy atom. The number of alkyl halides is 1. The number of carbonyl (C=O) groups excluding carboxylic acids is 7. The Hall–Kier alpha value is -3.46. The number of esters is 2. The zero-order chi connectivity index (χ0) is 31.1. The minimum absolute atomic E-state index is 0.0353. The summed E-state index contributed by atoms with van der Waals surface area (Å²) in [6.45, 7) is 3.50. The van der Waals surface area contributed by atoms with Gasteiger partial charge in [0.1, 0.15) is 9.67 Å². The van der Waals surface area contributed by atoms with Crippen LogP contribution in [0.25, 0.3) is 6.08 Å². The number of amides is 1. The molecule has 4 rings (SSSR count). The molecular weight excluding hydrogens is 665 g/mol. The van der Waals surface area contributed by atoms with Gasteiger partial charge in [-0.05, 0) is 55.9 Å². The van der Waals surface area contributed by atoms with Crippen LogP contribution < -0.4 is 5.73 Å². The van der Waals surface area contributed by atoms with Crippen molar-refractivity contribution in [1.29, 1.82) is 0 Å². The van der Waals surface area contributed by atoms with Crippen LogP contribution >= 0.6 is 22.6 Å². The number of fused-ring (bicyclic) bond motifs is 3. The van der Waals surface area contributed by atoms with Crippen LogP contribution in [-0.2, 0) is 44.7 Å². The lowest BCUT2D eigenvalue weighted by Crippen LogP contribution is -2.68. The van der Waals surface area contributed by atoms with Gasteiger partial charge in [0.15, 0.2) is 34.7 Å². The summed E-state index contributed by atoms with van der Waals surface area (Å²) in [5.41, 5.74) is 3.06. The monoisotopic (exact) mass is 695 g/mol. The summed E-state index contributed by atoms with van der Waals surface area (Å²) < 4.78 is 9.49. The van der Waals surface area contributed by atoms with Gasteiger partial charge in [-0.25, -0.2) is 4.79 Å². The van der Waals surface area contributed by atoms with E-state index in [-0.39, 0.29) is 43.6 Å². The third kappa shape index (κ3) is 5.27. The molecule has 3 unspecified atom stereocenters. The Bertz CT molecular complexity index is 1430. The van der Waals surface area contributed by atoms with Gasteiger partial charge in [0, 0.05) is 24.3 Å². The van der Waals surface area contributed by atoms with Gasteiger partial charge in [-0.2, -0.15) is 0 Å². The first-order valence-electron chi connectivity index (χ1n) is 13.5. The van der Waals surface area contributed by atoms with Crippen molar-refractivity contribution in [3.8, 4) is 5.75 Å². The molecule has 2 fully saturated rings. The number of aliphatic hydroxyl groups is 1. The molecule has 0 heterocycles. The molecule has 3 aliphatic rings. The number of benzene rings is 1. The van der Waals surface area contributed by atoms with Crippen molar-refractivity contribution in [2.24, 2.45) is 29.4 Å². The van der Waals surface area contributed by atoms with E-state index >= 15 is 0 Å². The molecule has 2 saturated carbocycles. The van der Waals surface area contributed by atoms with E-state index in [0.717, 1.165) is 0 Å². The number of primary amides is 1. The van der Waals surface area contributed by atoms with E-state index in [1.165, 1.54) is 18.2 Å². The van der Waals surface area contributed by atoms with Crippen molar-refractivity contribution < 1.29 is 53.2 Å². The molecule has 4 N–H and O–H groups in total. The van der Waals surface area contributed by atoms with E-state index in [4.69, 9.17) is 15.2 Å². The van der Waals surface area contributed by atoms with Crippen molar-refractivity contribution in [3.05, 3.63) is 34.4 Å². The predicted octanol–water partition coefficient (Wildman–Crippen LogP) is 1.03. The maximum atomic E-state index is 13.8. The number of nitrogens with two attached hydrogens (primary N) is 1. The van der Waals surface area contributed by atoms with Crippen LogP contribution in [0.5, 0.6) is 5.75 Å². The highest BCUT2D eigenvalue weighted by Gasteiger charge is 2.66. The number of halogens is 1. The maximum Gasteiger partial charge on any atom is 0.334 e. The van der Waals surface area contributed by atoms with Gasteiger partial charge in [0.2, 0.25) is 5.91 Å². The number of rotatable bonds is 8. The second kappa shape index (κ2) is 12.0. The molecule has 1 amide bonds. The van der Waals surface area contributed by atoms with Crippen LogP contribution in [0, 0.1) is 23.7 Å². The zero-order valence-electron chi connectivity index (χ0n) is 22.9. The van der Waals surface area contributed by atoms with E-state index in [0.29, 0.717) is 11.1 Å². The Morgan fingerprint density at radius 3 is 2.38 bits per heavy atom. The lowest BCUT2D eigenvalue weighted by Gasteiger charge is -2.48. The fourth-order valence-corrected chi connectivity index (χ4v) is 6.90. The van der Waals surface area contributed by atoms with Gasteiger partial charge in [-0.15, -0.1) is 0 Å². The van der Waals surface area contributed by atoms with Crippen LogP contribution in [0.1, 0.15) is 54.6 Å². The average molecular weight is 695 g/mol. The van der Waals surface area contributed by atoms with Gasteiger partial charge in [0.05, 0.1) is 24.7 Å². The summed E-state index contributed by atoms with van der Waals surface area (Å²) >= 11 is 1.85. The lowest BCUT2D eigenvalue weighted by molar-refractivity contribution is -0.175. The molecule has 6 atom stereocenters. The summed E-state index contributed by atoms with van der Waals surface area (Å²) in [5.74, 6) is -12.4. The molecule has 1 aromatic rings. The molecule has 3 aliphatic carbocycles. The number of ether oxygens (including phenoxy) is 2. The molecule has 0 bridgehead atoms. The molecule has 0 aromatic heterocycles. The van der Waals surface area contributed by atoms with E-state index < -0.39 is 86.3 Å². The van der Waals surface area contributed by atoms with E-state index in [9.17, 15) is 43.8 Å². The summed E-state index contributed by atoms with van der Waals surface area (Å²) in [6.07, 6.45) is 0.932. The third-order valence-electron chi connectivity index (χ3n) is 8.13. The zero-order valence-corrected chi connectivity index (χ0v) is 25.0. The SMILES string of the molecule is CCOC(=O)C(=Cc1ccc(O)c2c1C[C@H]1C[C@H]3CC(=O)C(C(N)=O)C(=O)[C@@]3(O)C(=O)C1C2=O)CC(I)C(=O)OCC. The maximum absolute atomic E-state index is 13.8. The second-order valence-corrected chi connectivity index (χ2v) is 12.1. The Labute approximate surface area is 254 Å². The van der Waals surface area contributed by atoms with Crippen molar-refractivity contribution >= 4 is 69.6 Å². The summed E-state index contributed by atoms with van der Waals surface area (Å²) in [5, 5.41) is 22.0. The van der Waals surface area contributed by atoms with Gasteiger partial charge in [-0.3, -0.25) is 28.8 Å². The van der Waals surface area contributed by atoms with Crippen LogP contribution in [0.15, 0.2) is 17.7 Å².